The van der Waals surface area contributed by atoms with E-state index in [0.717, 1.165) is 25.1 Å². The van der Waals surface area contributed by atoms with E-state index in [1.54, 1.807) is 30.9 Å². The molecule has 6 nitrogen and oxygen atoms in total. The first kappa shape index (κ1) is 14.0. The van der Waals surface area contributed by atoms with Crippen molar-refractivity contribution >= 4 is 11.6 Å². The third-order valence-electron chi connectivity index (χ3n) is 2.91. The summed E-state index contributed by atoms with van der Waals surface area (Å²) < 4.78 is 2.03. The van der Waals surface area contributed by atoms with E-state index in [4.69, 9.17) is 5.73 Å². The summed E-state index contributed by atoms with van der Waals surface area (Å²) in [6, 6.07) is 3.52. The summed E-state index contributed by atoms with van der Waals surface area (Å²) in [5, 5.41) is 2.89. The van der Waals surface area contributed by atoms with Crippen molar-refractivity contribution in [2.24, 2.45) is 0 Å². The fourth-order valence-corrected chi connectivity index (χ4v) is 1.83. The smallest absolute Gasteiger partial charge is 0.226 e. The molecule has 0 unspecified atom stereocenters. The maximum Gasteiger partial charge on any atom is 0.226 e. The van der Waals surface area contributed by atoms with Crippen LogP contribution in [-0.4, -0.2) is 27.0 Å². The molecule has 0 bridgehead atoms. The number of aryl methyl sites for hydroxylation is 1. The molecule has 0 aliphatic carbocycles. The Morgan fingerprint density at radius 3 is 2.95 bits per heavy atom. The predicted octanol–water partition coefficient (Wildman–Crippen LogP) is 0.999. The number of rotatable bonds is 7. The monoisotopic (exact) mass is 273 g/mol. The summed E-state index contributed by atoms with van der Waals surface area (Å²) in [5.74, 6) is -0.00935. The van der Waals surface area contributed by atoms with Crippen molar-refractivity contribution in [1.82, 2.24) is 19.9 Å². The Balaban J connectivity index is 1.59. The Morgan fingerprint density at radius 1 is 1.35 bits per heavy atom. The second-order valence-corrected chi connectivity index (χ2v) is 4.62. The lowest BCUT2D eigenvalue weighted by atomic mass is 10.2. The molecule has 20 heavy (non-hydrogen) atoms. The Hall–Kier alpha value is -2.37. The van der Waals surface area contributed by atoms with Crippen LogP contribution in [0.1, 0.15) is 18.5 Å². The van der Waals surface area contributed by atoms with Crippen molar-refractivity contribution in [3.63, 3.8) is 0 Å². The standard InChI is InChI=1S/C14H19N5O/c15-12-3-4-13(18-10-12)9-14(20)17-5-1-2-7-19-8-6-16-11-19/h3-4,6,8,10-11H,1-2,5,7,9,15H2,(H,17,20). The van der Waals surface area contributed by atoms with Crippen LogP contribution in [0.4, 0.5) is 5.69 Å². The minimum Gasteiger partial charge on any atom is -0.397 e. The van der Waals surface area contributed by atoms with Crippen LogP contribution < -0.4 is 11.1 Å². The number of aromatic nitrogens is 3. The van der Waals surface area contributed by atoms with Gasteiger partial charge in [0.15, 0.2) is 0 Å². The van der Waals surface area contributed by atoms with Gasteiger partial charge >= 0.3 is 0 Å². The molecule has 6 heteroatoms. The molecule has 0 aliphatic rings. The van der Waals surface area contributed by atoms with Crippen LogP contribution in [0.2, 0.25) is 0 Å². The minimum absolute atomic E-state index is 0.00935. The number of nitrogens with two attached hydrogens (primary N) is 1. The average Bonchev–Trinajstić information content (AvgIpc) is 2.94. The number of hydrogen-bond donors (Lipinski definition) is 2. The Labute approximate surface area is 118 Å². The van der Waals surface area contributed by atoms with E-state index in [2.05, 4.69) is 15.3 Å². The van der Waals surface area contributed by atoms with E-state index < -0.39 is 0 Å². The lowest BCUT2D eigenvalue weighted by molar-refractivity contribution is -0.120. The third-order valence-corrected chi connectivity index (χ3v) is 2.91. The van der Waals surface area contributed by atoms with Gasteiger partial charge in [-0.25, -0.2) is 4.98 Å². The van der Waals surface area contributed by atoms with Crippen molar-refractivity contribution in [3.8, 4) is 0 Å². The molecule has 1 amide bonds. The van der Waals surface area contributed by atoms with E-state index in [1.807, 2.05) is 10.8 Å². The summed E-state index contributed by atoms with van der Waals surface area (Å²) in [7, 11) is 0. The number of anilines is 1. The number of hydrogen-bond acceptors (Lipinski definition) is 4. The number of carbonyl (C=O) groups excluding carboxylic acids is 1. The molecule has 2 aromatic rings. The highest BCUT2D eigenvalue weighted by atomic mass is 16.1. The molecule has 0 saturated carbocycles. The quantitative estimate of drug-likeness (QED) is 0.737. The van der Waals surface area contributed by atoms with Crippen LogP contribution in [0.5, 0.6) is 0 Å². The molecule has 0 fully saturated rings. The Bertz CT molecular complexity index is 521. The molecule has 0 saturated heterocycles. The second kappa shape index (κ2) is 7.28. The van der Waals surface area contributed by atoms with Crippen LogP contribution in [0.3, 0.4) is 0 Å². The van der Waals surface area contributed by atoms with Gasteiger partial charge in [-0.05, 0) is 25.0 Å². The number of unbranched alkanes of at least 4 members (excludes halogenated alkanes) is 1. The van der Waals surface area contributed by atoms with Crippen molar-refractivity contribution < 1.29 is 4.79 Å². The fraction of sp³-hybridized carbons (Fsp3) is 0.357. The Morgan fingerprint density at radius 2 is 2.25 bits per heavy atom. The molecule has 0 spiro atoms. The summed E-state index contributed by atoms with van der Waals surface area (Å²) in [4.78, 5) is 19.8. The van der Waals surface area contributed by atoms with Gasteiger partial charge in [-0.1, -0.05) is 0 Å². The highest BCUT2D eigenvalue weighted by Crippen LogP contribution is 2.01. The number of amides is 1. The molecule has 0 radical (unpaired) electrons. The van der Waals surface area contributed by atoms with Gasteiger partial charge in [-0.3, -0.25) is 9.78 Å². The Kier molecular flexibility index (Phi) is 5.11. The summed E-state index contributed by atoms with van der Waals surface area (Å²) in [5.41, 5.74) is 6.88. The molecular weight excluding hydrogens is 254 g/mol. The first-order valence-corrected chi connectivity index (χ1v) is 6.67. The fourth-order valence-electron chi connectivity index (χ4n) is 1.83. The van der Waals surface area contributed by atoms with Crippen LogP contribution in [0.15, 0.2) is 37.1 Å². The minimum atomic E-state index is -0.00935. The highest BCUT2D eigenvalue weighted by Gasteiger charge is 2.03. The summed E-state index contributed by atoms with van der Waals surface area (Å²) >= 11 is 0. The average molecular weight is 273 g/mol. The first-order valence-electron chi connectivity index (χ1n) is 6.67. The highest BCUT2D eigenvalue weighted by molar-refractivity contribution is 5.78. The molecular formula is C14H19N5O. The maximum atomic E-state index is 11.7. The number of nitrogens with zero attached hydrogens (tertiary/aromatic N) is 3. The molecule has 3 N–H and O–H groups in total. The lowest BCUT2D eigenvalue weighted by Gasteiger charge is -2.05. The van der Waals surface area contributed by atoms with Gasteiger partial charge in [0.1, 0.15) is 0 Å². The first-order chi connectivity index (χ1) is 9.74. The zero-order valence-electron chi connectivity index (χ0n) is 11.3. The van der Waals surface area contributed by atoms with Crippen molar-refractivity contribution in [2.45, 2.75) is 25.8 Å². The molecule has 2 aromatic heterocycles. The van der Waals surface area contributed by atoms with Gasteiger partial charge in [-0.2, -0.15) is 0 Å². The maximum absolute atomic E-state index is 11.7. The van der Waals surface area contributed by atoms with E-state index in [1.165, 1.54) is 0 Å². The molecule has 2 heterocycles. The topological polar surface area (TPSA) is 85.8 Å². The van der Waals surface area contributed by atoms with E-state index in [-0.39, 0.29) is 5.91 Å². The van der Waals surface area contributed by atoms with Crippen LogP contribution >= 0.6 is 0 Å². The van der Waals surface area contributed by atoms with Crippen LogP contribution in [0.25, 0.3) is 0 Å². The number of pyridine rings is 1. The van der Waals surface area contributed by atoms with E-state index >= 15 is 0 Å². The van der Waals surface area contributed by atoms with Crippen LogP contribution in [-0.2, 0) is 17.8 Å². The second-order valence-electron chi connectivity index (χ2n) is 4.62. The lowest BCUT2D eigenvalue weighted by Crippen LogP contribution is -2.26. The zero-order chi connectivity index (χ0) is 14.2. The third kappa shape index (κ3) is 4.72. The number of imidazole rings is 1. The normalized spacial score (nSPS) is 10.4. The number of nitrogens with one attached hydrogen (secondary N) is 1. The zero-order valence-corrected chi connectivity index (χ0v) is 11.3. The summed E-state index contributed by atoms with van der Waals surface area (Å²) in [6.07, 6.45) is 9.31. The number of carbonyl (C=O) groups is 1. The van der Waals surface area contributed by atoms with Gasteiger partial charge in [0.25, 0.3) is 0 Å². The van der Waals surface area contributed by atoms with E-state index in [0.29, 0.717) is 18.7 Å². The largest absolute Gasteiger partial charge is 0.397 e. The molecule has 2 rings (SSSR count). The van der Waals surface area contributed by atoms with Crippen LogP contribution in [0, 0.1) is 0 Å². The number of nitrogen functional groups attached to an aromatic ring is 1. The molecule has 0 atom stereocenters. The molecule has 106 valence electrons. The van der Waals surface area contributed by atoms with E-state index in [9.17, 15) is 4.79 Å². The van der Waals surface area contributed by atoms with Crippen molar-refractivity contribution in [2.75, 3.05) is 12.3 Å². The van der Waals surface area contributed by atoms with Gasteiger partial charge in [0, 0.05) is 31.2 Å². The molecule has 0 aromatic carbocycles. The van der Waals surface area contributed by atoms with Crippen molar-refractivity contribution in [3.05, 3.63) is 42.7 Å². The van der Waals surface area contributed by atoms with Gasteiger partial charge in [0.2, 0.25) is 5.91 Å². The van der Waals surface area contributed by atoms with Gasteiger partial charge < -0.3 is 15.6 Å². The SMILES string of the molecule is Nc1ccc(CC(=O)NCCCCn2ccnc2)nc1. The van der Waals surface area contributed by atoms with Crippen molar-refractivity contribution in [1.29, 1.82) is 0 Å². The van der Waals surface area contributed by atoms with Gasteiger partial charge in [0.05, 0.1) is 24.6 Å². The van der Waals surface area contributed by atoms with Gasteiger partial charge in [-0.15, -0.1) is 0 Å². The predicted molar refractivity (Wildman–Crippen MR) is 76.8 cm³/mol. The summed E-state index contributed by atoms with van der Waals surface area (Å²) in [6.45, 7) is 1.61. The molecule has 0 aliphatic heterocycles.